The second kappa shape index (κ2) is 9.45. The van der Waals surface area contributed by atoms with Gasteiger partial charge in [-0.25, -0.2) is 4.79 Å². The lowest BCUT2D eigenvalue weighted by Crippen LogP contribution is -2.40. The molecule has 1 heterocycles. The van der Waals surface area contributed by atoms with E-state index in [4.69, 9.17) is 9.47 Å². The van der Waals surface area contributed by atoms with E-state index in [1.54, 1.807) is 0 Å². The molecule has 3 rings (SSSR count). The highest BCUT2D eigenvalue weighted by atomic mass is 79.9. The van der Waals surface area contributed by atoms with Crippen LogP contribution in [0.25, 0.3) is 0 Å². The summed E-state index contributed by atoms with van der Waals surface area (Å²) in [5.41, 5.74) is 2.69. The van der Waals surface area contributed by atoms with Crippen LogP contribution in [-0.4, -0.2) is 38.2 Å². The largest absolute Gasteiger partial charge is 0.486 e. The van der Waals surface area contributed by atoms with Gasteiger partial charge in [0.1, 0.15) is 13.2 Å². The molecule has 0 unspecified atom stereocenters. The minimum absolute atomic E-state index is 0.106. The first-order valence-electron chi connectivity index (χ1n) is 8.97. The second-order valence-corrected chi connectivity index (χ2v) is 7.26. The number of nitrogens with one attached hydrogen (secondary N) is 3. The average Bonchev–Trinajstić information content (AvgIpc) is 2.68. The minimum atomic E-state index is -0.389. The van der Waals surface area contributed by atoms with Crippen molar-refractivity contribution in [3.05, 3.63) is 52.0 Å². The van der Waals surface area contributed by atoms with Gasteiger partial charge in [-0.15, -0.1) is 0 Å². The van der Waals surface area contributed by atoms with Gasteiger partial charge in [-0.2, -0.15) is 0 Å². The molecule has 7 nitrogen and oxygen atoms in total. The molecule has 0 atom stereocenters. The number of anilines is 1. The second-order valence-electron chi connectivity index (χ2n) is 6.34. The lowest BCUT2D eigenvalue weighted by molar-refractivity contribution is -0.115. The van der Waals surface area contributed by atoms with Crippen LogP contribution in [0.1, 0.15) is 11.1 Å². The van der Waals surface area contributed by atoms with E-state index in [1.165, 1.54) is 0 Å². The van der Waals surface area contributed by atoms with E-state index >= 15 is 0 Å². The van der Waals surface area contributed by atoms with Gasteiger partial charge in [0.15, 0.2) is 11.5 Å². The first-order valence-corrected chi connectivity index (χ1v) is 9.77. The Hall–Kier alpha value is -2.74. The van der Waals surface area contributed by atoms with Crippen LogP contribution in [0.2, 0.25) is 0 Å². The van der Waals surface area contributed by atoms with Crippen molar-refractivity contribution < 1.29 is 19.1 Å². The molecule has 8 heteroatoms. The number of carbonyl (C=O) groups excluding carboxylic acids is 2. The van der Waals surface area contributed by atoms with Gasteiger partial charge in [-0.05, 0) is 54.8 Å². The summed E-state index contributed by atoms with van der Waals surface area (Å²) in [6.45, 7) is 3.34. The van der Waals surface area contributed by atoms with Gasteiger partial charge in [-0.3, -0.25) is 4.79 Å². The Labute approximate surface area is 171 Å². The van der Waals surface area contributed by atoms with Crippen molar-refractivity contribution >= 4 is 33.6 Å². The SMILES string of the molecule is Cc1cc(Br)ccc1NC(=O)CNC(=O)NCCc1ccc2c(c1)OCCO2. The Kier molecular flexibility index (Phi) is 6.76. The standard InChI is InChI=1S/C20H22BrN3O4/c1-13-10-15(21)3-4-16(13)24-19(25)12-23-20(26)22-7-6-14-2-5-17-18(11-14)28-9-8-27-17/h2-5,10-11H,6-9,12H2,1H3,(H,24,25)(H2,22,23,26). The van der Waals surface area contributed by atoms with Crippen LogP contribution < -0.4 is 25.4 Å². The van der Waals surface area contributed by atoms with E-state index in [0.29, 0.717) is 31.9 Å². The summed E-state index contributed by atoms with van der Waals surface area (Å²) in [6.07, 6.45) is 0.647. The van der Waals surface area contributed by atoms with Gasteiger partial charge in [0.25, 0.3) is 0 Å². The number of benzene rings is 2. The van der Waals surface area contributed by atoms with Crippen molar-refractivity contribution in [1.29, 1.82) is 0 Å². The van der Waals surface area contributed by atoms with Gasteiger partial charge < -0.3 is 25.4 Å². The number of hydrogen-bond donors (Lipinski definition) is 3. The molecule has 1 aliphatic rings. The smallest absolute Gasteiger partial charge is 0.315 e. The van der Waals surface area contributed by atoms with Crippen LogP contribution in [-0.2, 0) is 11.2 Å². The molecular weight excluding hydrogens is 426 g/mol. The fourth-order valence-corrected chi connectivity index (χ4v) is 3.22. The average molecular weight is 448 g/mol. The number of halogens is 1. The van der Waals surface area contributed by atoms with Gasteiger partial charge in [0.05, 0.1) is 6.54 Å². The number of urea groups is 1. The summed E-state index contributed by atoms with van der Waals surface area (Å²) in [4.78, 5) is 23.9. The molecule has 1 aliphatic heterocycles. The first kappa shape index (κ1) is 20.0. The maximum absolute atomic E-state index is 12.0. The van der Waals surface area contributed by atoms with Crippen LogP contribution in [0.4, 0.5) is 10.5 Å². The number of aryl methyl sites for hydroxylation is 1. The van der Waals surface area contributed by atoms with Crippen LogP contribution in [0.5, 0.6) is 11.5 Å². The number of carbonyl (C=O) groups is 2. The zero-order chi connectivity index (χ0) is 19.9. The molecule has 2 aromatic carbocycles. The summed E-state index contributed by atoms with van der Waals surface area (Å²) in [7, 11) is 0. The fraction of sp³-hybridized carbons (Fsp3) is 0.300. The quantitative estimate of drug-likeness (QED) is 0.634. The van der Waals surface area contributed by atoms with E-state index in [-0.39, 0.29) is 18.5 Å². The Morgan fingerprint density at radius 2 is 1.82 bits per heavy atom. The molecule has 0 bridgehead atoms. The molecule has 0 saturated carbocycles. The molecule has 0 aliphatic carbocycles. The number of fused-ring (bicyclic) bond motifs is 1. The third kappa shape index (κ3) is 5.63. The zero-order valence-corrected chi connectivity index (χ0v) is 17.1. The predicted octanol–water partition coefficient (Wildman–Crippen LogP) is 3.01. The van der Waals surface area contributed by atoms with Crippen molar-refractivity contribution in [1.82, 2.24) is 10.6 Å². The summed E-state index contributed by atoms with van der Waals surface area (Å²) < 4.78 is 12.0. The van der Waals surface area contributed by atoms with Crippen LogP contribution in [0.15, 0.2) is 40.9 Å². The predicted molar refractivity (Wildman–Crippen MR) is 110 cm³/mol. The Morgan fingerprint density at radius 1 is 1.04 bits per heavy atom. The van der Waals surface area contributed by atoms with E-state index in [0.717, 1.165) is 27.1 Å². The van der Waals surface area contributed by atoms with Crippen molar-refractivity contribution in [2.45, 2.75) is 13.3 Å². The van der Waals surface area contributed by atoms with Crippen molar-refractivity contribution in [2.75, 3.05) is 31.6 Å². The monoisotopic (exact) mass is 447 g/mol. The van der Waals surface area contributed by atoms with Crippen molar-refractivity contribution in [3.63, 3.8) is 0 Å². The molecule has 148 valence electrons. The summed E-state index contributed by atoms with van der Waals surface area (Å²) in [6, 6.07) is 10.9. The molecule has 0 aromatic heterocycles. The molecule has 0 spiro atoms. The molecule has 2 aromatic rings. The van der Waals surface area contributed by atoms with Crippen LogP contribution >= 0.6 is 15.9 Å². The van der Waals surface area contributed by atoms with Crippen LogP contribution in [0.3, 0.4) is 0 Å². The molecule has 0 saturated heterocycles. The topological polar surface area (TPSA) is 88.7 Å². The zero-order valence-electron chi connectivity index (χ0n) is 15.5. The van der Waals surface area contributed by atoms with Gasteiger partial charge in [0, 0.05) is 16.7 Å². The van der Waals surface area contributed by atoms with Gasteiger partial charge in [-0.1, -0.05) is 22.0 Å². The summed E-state index contributed by atoms with van der Waals surface area (Å²) in [5.74, 6) is 1.19. The summed E-state index contributed by atoms with van der Waals surface area (Å²) >= 11 is 3.38. The van der Waals surface area contributed by atoms with Gasteiger partial charge >= 0.3 is 6.03 Å². The Bertz CT molecular complexity index is 873. The molecular formula is C20H22BrN3O4. The normalized spacial score (nSPS) is 12.2. The van der Waals surface area contributed by atoms with E-state index in [9.17, 15) is 9.59 Å². The maximum atomic E-state index is 12.0. The lowest BCUT2D eigenvalue weighted by atomic mass is 10.1. The highest BCUT2D eigenvalue weighted by Crippen LogP contribution is 2.30. The van der Waals surface area contributed by atoms with Gasteiger partial charge in [0.2, 0.25) is 5.91 Å². The molecule has 3 N–H and O–H groups in total. The Morgan fingerprint density at radius 3 is 2.61 bits per heavy atom. The van der Waals surface area contributed by atoms with E-state index in [1.807, 2.05) is 43.3 Å². The molecule has 0 radical (unpaired) electrons. The third-order valence-corrected chi connectivity index (χ3v) is 4.67. The molecule has 0 fully saturated rings. The van der Waals surface area contributed by atoms with Crippen molar-refractivity contribution in [2.24, 2.45) is 0 Å². The number of rotatable bonds is 6. The van der Waals surface area contributed by atoms with E-state index in [2.05, 4.69) is 31.9 Å². The third-order valence-electron chi connectivity index (χ3n) is 4.18. The summed E-state index contributed by atoms with van der Waals surface area (Å²) in [5, 5.41) is 8.07. The highest BCUT2D eigenvalue weighted by molar-refractivity contribution is 9.10. The molecule has 28 heavy (non-hydrogen) atoms. The minimum Gasteiger partial charge on any atom is -0.486 e. The van der Waals surface area contributed by atoms with Crippen LogP contribution in [0, 0.1) is 6.92 Å². The number of hydrogen-bond acceptors (Lipinski definition) is 4. The fourth-order valence-electron chi connectivity index (χ4n) is 2.75. The van der Waals surface area contributed by atoms with Crippen molar-refractivity contribution in [3.8, 4) is 11.5 Å². The number of ether oxygens (including phenoxy) is 2. The maximum Gasteiger partial charge on any atom is 0.315 e. The first-order chi connectivity index (χ1) is 13.5. The molecule has 3 amide bonds. The van der Waals surface area contributed by atoms with E-state index < -0.39 is 0 Å². The number of amides is 3. The lowest BCUT2D eigenvalue weighted by Gasteiger charge is -2.18. The highest BCUT2D eigenvalue weighted by Gasteiger charge is 2.12. The Balaban J connectivity index is 1.38.